The molecule has 0 spiro atoms. The smallest absolute Gasteiger partial charge is 0.276 e. The number of pyridine rings is 1. The van der Waals surface area contributed by atoms with Gasteiger partial charge in [0.15, 0.2) is 11.8 Å². The van der Waals surface area contributed by atoms with Crippen LogP contribution >= 0.6 is 24.0 Å². The number of halogens is 2. The van der Waals surface area contributed by atoms with Crippen LogP contribution in [0.5, 0.6) is 0 Å². The van der Waals surface area contributed by atoms with Crippen molar-refractivity contribution in [2.45, 2.75) is 19.8 Å². The Labute approximate surface area is 186 Å². The Balaban J connectivity index is 0.00000300. The number of guanidine groups is 1. The van der Waals surface area contributed by atoms with Crippen LogP contribution in [-0.4, -0.2) is 41.2 Å². The highest BCUT2D eigenvalue weighted by atomic mass is 127. The van der Waals surface area contributed by atoms with Gasteiger partial charge in [-0.15, -0.1) is 24.0 Å². The number of aryl methyl sites for hydroxylation is 1. The maximum Gasteiger partial charge on any atom is 0.276 e. The zero-order chi connectivity index (χ0) is 19.8. The maximum absolute atomic E-state index is 13.2. The highest BCUT2D eigenvalue weighted by molar-refractivity contribution is 14.0. The number of rotatable bonds is 7. The number of hydrogen-bond donors (Lipinski definition) is 2. The van der Waals surface area contributed by atoms with E-state index in [0.29, 0.717) is 42.9 Å². The summed E-state index contributed by atoms with van der Waals surface area (Å²) in [7, 11) is 1.71. The maximum atomic E-state index is 13.2. The van der Waals surface area contributed by atoms with E-state index in [1.807, 2.05) is 31.2 Å². The molecule has 1 aromatic carbocycles. The van der Waals surface area contributed by atoms with Crippen LogP contribution in [0.2, 0.25) is 0 Å². The van der Waals surface area contributed by atoms with Crippen molar-refractivity contribution in [1.29, 1.82) is 0 Å². The zero-order valence-electron chi connectivity index (χ0n) is 16.4. The first-order valence-electron chi connectivity index (χ1n) is 9.09. The Morgan fingerprint density at radius 3 is 2.62 bits per heavy atom. The molecule has 0 amide bonds. The molecule has 0 saturated heterocycles. The number of hydrogen-bond acceptors (Lipinski definition) is 5. The van der Waals surface area contributed by atoms with Gasteiger partial charge in [-0.25, -0.2) is 4.39 Å². The fraction of sp³-hybridized carbons (Fsp3) is 0.300. The second-order valence-corrected chi connectivity index (χ2v) is 6.23. The molecule has 3 rings (SSSR count). The summed E-state index contributed by atoms with van der Waals surface area (Å²) in [6, 6.07) is 10.4. The van der Waals surface area contributed by atoms with Gasteiger partial charge in [-0.1, -0.05) is 17.3 Å². The monoisotopic (exact) mass is 510 g/mol. The number of nitrogens with zero attached hydrogens (tertiary/aromatic N) is 4. The molecule has 0 aliphatic carbocycles. The van der Waals surface area contributed by atoms with Crippen LogP contribution in [0, 0.1) is 12.7 Å². The molecule has 2 aromatic heterocycles. The standard InChI is InChI=1S/C20H23FN6O.HI/c1-14-13-16(21)7-6-15(14)8-11-24-20(22-2)25-12-9-18-26-19(28-27-18)17-5-3-4-10-23-17;/h3-7,10,13H,8-9,11-12H2,1-2H3,(H2,22,24,25);1H. The normalized spacial score (nSPS) is 11.1. The molecule has 0 saturated carbocycles. The molecule has 2 N–H and O–H groups in total. The lowest BCUT2D eigenvalue weighted by Crippen LogP contribution is -2.39. The van der Waals surface area contributed by atoms with E-state index in [1.54, 1.807) is 19.3 Å². The zero-order valence-corrected chi connectivity index (χ0v) is 18.7. The predicted octanol–water partition coefficient (Wildman–Crippen LogP) is 3.15. The van der Waals surface area contributed by atoms with E-state index >= 15 is 0 Å². The lowest BCUT2D eigenvalue weighted by molar-refractivity contribution is 0.421. The van der Waals surface area contributed by atoms with E-state index in [1.165, 1.54) is 6.07 Å². The number of aromatic nitrogens is 3. The van der Waals surface area contributed by atoms with Crippen LogP contribution in [0.25, 0.3) is 11.6 Å². The minimum Gasteiger partial charge on any atom is -0.356 e. The van der Waals surface area contributed by atoms with Crippen molar-refractivity contribution in [1.82, 2.24) is 25.8 Å². The summed E-state index contributed by atoms with van der Waals surface area (Å²) >= 11 is 0. The average Bonchev–Trinajstić information content (AvgIpc) is 3.18. The Morgan fingerprint density at radius 1 is 1.14 bits per heavy atom. The highest BCUT2D eigenvalue weighted by Gasteiger charge is 2.09. The summed E-state index contributed by atoms with van der Waals surface area (Å²) in [5.41, 5.74) is 2.71. The Bertz CT molecular complexity index is 932. The molecule has 29 heavy (non-hydrogen) atoms. The minimum absolute atomic E-state index is 0. The molecular formula is C20H24FIN6O. The molecule has 0 radical (unpaired) electrons. The minimum atomic E-state index is -0.209. The summed E-state index contributed by atoms with van der Waals surface area (Å²) < 4.78 is 18.4. The largest absolute Gasteiger partial charge is 0.356 e. The molecule has 0 unspecified atom stereocenters. The van der Waals surface area contributed by atoms with E-state index in [-0.39, 0.29) is 29.8 Å². The summed E-state index contributed by atoms with van der Waals surface area (Å²) in [6.07, 6.45) is 3.06. The van der Waals surface area contributed by atoms with Crippen LogP contribution in [-0.2, 0) is 12.8 Å². The molecular weight excluding hydrogens is 486 g/mol. The fourth-order valence-corrected chi connectivity index (χ4v) is 2.72. The molecule has 154 valence electrons. The highest BCUT2D eigenvalue weighted by Crippen LogP contribution is 2.13. The van der Waals surface area contributed by atoms with Gasteiger partial charge in [0.1, 0.15) is 11.5 Å². The van der Waals surface area contributed by atoms with Crippen molar-refractivity contribution in [3.05, 3.63) is 65.4 Å². The van der Waals surface area contributed by atoms with Crippen molar-refractivity contribution in [3.8, 4) is 11.6 Å². The van der Waals surface area contributed by atoms with Crippen molar-refractivity contribution >= 4 is 29.9 Å². The van der Waals surface area contributed by atoms with Crippen molar-refractivity contribution in [3.63, 3.8) is 0 Å². The lowest BCUT2D eigenvalue weighted by atomic mass is 10.1. The Kier molecular flexibility index (Phi) is 8.97. The van der Waals surface area contributed by atoms with Crippen molar-refractivity contribution in [2.24, 2.45) is 4.99 Å². The van der Waals surface area contributed by atoms with Crippen LogP contribution in [0.3, 0.4) is 0 Å². The van der Waals surface area contributed by atoms with Gasteiger partial charge in [0, 0.05) is 32.8 Å². The predicted molar refractivity (Wildman–Crippen MR) is 121 cm³/mol. The lowest BCUT2D eigenvalue weighted by Gasteiger charge is -2.12. The van der Waals surface area contributed by atoms with Gasteiger partial charge >= 0.3 is 0 Å². The van der Waals surface area contributed by atoms with Crippen LogP contribution in [0.4, 0.5) is 4.39 Å². The van der Waals surface area contributed by atoms with Crippen molar-refractivity contribution < 1.29 is 8.91 Å². The molecule has 9 heteroatoms. The van der Waals surface area contributed by atoms with E-state index in [0.717, 1.165) is 17.5 Å². The van der Waals surface area contributed by atoms with Gasteiger partial charge in [-0.2, -0.15) is 4.98 Å². The first kappa shape index (κ1) is 22.7. The van der Waals surface area contributed by atoms with Crippen LogP contribution < -0.4 is 10.6 Å². The summed E-state index contributed by atoms with van der Waals surface area (Å²) in [6.45, 7) is 3.21. The molecule has 2 heterocycles. The van der Waals surface area contributed by atoms with Gasteiger partial charge in [0.25, 0.3) is 5.89 Å². The van der Waals surface area contributed by atoms with Crippen LogP contribution in [0.1, 0.15) is 17.0 Å². The first-order valence-corrected chi connectivity index (χ1v) is 9.09. The number of aliphatic imine (C=N–C) groups is 1. The van der Waals surface area contributed by atoms with E-state index in [9.17, 15) is 4.39 Å². The summed E-state index contributed by atoms with van der Waals surface area (Å²) in [5, 5.41) is 10.4. The molecule has 7 nitrogen and oxygen atoms in total. The van der Waals surface area contributed by atoms with Gasteiger partial charge in [0.2, 0.25) is 0 Å². The summed E-state index contributed by atoms with van der Waals surface area (Å²) in [5.74, 6) is 1.49. The second kappa shape index (κ2) is 11.4. The number of nitrogens with one attached hydrogen (secondary N) is 2. The second-order valence-electron chi connectivity index (χ2n) is 6.23. The van der Waals surface area contributed by atoms with Crippen LogP contribution in [0.15, 0.2) is 52.1 Å². The third-order valence-electron chi connectivity index (χ3n) is 4.21. The molecule has 0 aliphatic rings. The average molecular weight is 510 g/mol. The third-order valence-corrected chi connectivity index (χ3v) is 4.21. The van der Waals surface area contributed by atoms with Gasteiger partial charge < -0.3 is 15.2 Å². The topological polar surface area (TPSA) is 88.2 Å². The molecule has 3 aromatic rings. The summed E-state index contributed by atoms with van der Waals surface area (Å²) in [4.78, 5) is 12.7. The van der Waals surface area contributed by atoms with Gasteiger partial charge in [-0.3, -0.25) is 9.98 Å². The molecule has 0 fully saturated rings. The van der Waals surface area contributed by atoms with E-state index < -0.39 is 0 Å². The Morgan fingerprint density at radius 2 is 1.93 bits per heavy atom. The fourth-order valence-electron chi connectivity index (χ4n) is 2.72. The molecule has 0 bridgehead atoms. The first-order chi connectivity index (χ1) is 13.7. The third kappa shape index (κ3) is 6.77. The SMILES string of the molecule is CN=C(NCCc1noc(-c2ccccn2)n1)NCCc1ccc(F)cc1C.I. The Hall–Kier alpha value is -2.56. The van der Waals surface area contributed by atoms with E-state index in [4.69, 9.17) is 4.52 Å². The van der Waals surface area contributed by atoms with Gasteiger partial charge in [0.05, 0.1) is 0 Å². The quantitative estimate of drug-likeness (QED) is 0.289. The van der Waals surface area contributed by atoms with Gasteiger partial charge in [-0.05, 0) is 48.7 Å². The molecule has 0 aliphatic heterocycles. The number of benzene rings is 1. The van der Waals surface area contributed by atoms with E-state index in [2.05, 4.69) is 30.8 Å². The van der Waals surface area contributed by atoms with Crippen molar-refractivity contribution in [2.75, 3.05) is 20.1 Å². The molecule has 0 atom stereocenters.